The third-order valence-electron chi connectivity index (χ3n) is 7.07. The van der Waals surface area contributed by atoms with Crippen LogP contribution < -0.4 is 10.6 Å². The third-order valence-corrected chi connectivity index (χ3v) is 7.07. The minimum absolute atomic E-state index is 0.0770. The maximum atomic E-state index is 14.5. The predicted octanol–water partition coefficient (Wildman–Crippen LogP) is 3.00. The number of piperidine rings is 1. The number of fused-ring (bicyclic) bond motifs is 1. The summed E-state index contributed by atoms with van der Waals surface area (Å²) >= 11 is 0. The van der Waals surface area contributed by atoms with Gasteiger partial charge in [0.05, 0.1) is 19.4 Å². The normalized spacial score (nSPS) is 20.9. The van der Waals surface area contributed by atoms with Crippen molar-refractivity contribution >= 4 is 23.4 Å². The molecule has 2 saturated heterocycles. The van der Waals surface area contributed by atoms with E-state index in [-0.39, 0.29) is 17.8 Å². The SMILES string of the molecule is C=CC(=O)N1CCCC(Nc2nc(Nc3ccc4c(c3)CCN(CC3COC3)CC4)ncc2F)C1. The molecule has 2 N–H and O–H groups in total. The molecule has 0 bridgehead atoms. The van der Waals surface area contributed by atoms with E-state index in [9.17, 15) is 9.18 Å². The number of benzene rings is 1. The molecule has 0 spiro atoms. The quantitative estimate of drug-likeness (QED) is 0.590. The van der Waals surface area contributed by atoms with Crippen LogP contribution >= 0.6 is 0 Å². The number of carbonyl (C=O) groups is 1. The van der Waals surface area contributed by atoms with Crippen molar-refractivity contribution in [2.45, 2.75) is 31.7 Å². The second kappa shape index (κ2) is 10.7. The first-order valence-electron chi connectivity index (χ1n) is 12.5. The molecule has 2 fully saturated rings. The largest absolute Gasteiger partial charge is 0.381 e. The standard InChI is InChI=1S/C26H33FN6O2/c1-2-24(34)33-9-3-4-22(15-33)29-25-23(27)13-28-26(31-25)30-21-6-5-19-7-10-32(11-8-20(19)12-21)14-18-16-35-17-18/h2,5-6,12-13,18,22H,1,3-4,7-11,14-17H2,(H2,28,29,30,31). The minimum atomic E-state index is -0.512. The number of nitrogens with one attached hydrogen (secondary N) is 2. The van der Waals surface area contributed by atoms with Crippen molar-refractivity contribution in [3.63, 3.8) is 0 Å². The van der Waals surface area contributed by atoms with Gasteiger partial charge in [0.15, 0.2) is 11.6 Å². The van der Waals surface area contributed by atoms with Crippen LogP contribution in [0.4, 0.5) is 21.8 Å². The second-order valence-corrected chi connectivity index (χ2v) is 9.67. The van der Waals surface area contributed by atoms with Crippen LogP contribution in [0.1, 0.15) is 24.0 Å². The number of nitrogens with zero attached hydrogens (tertiary/aromatic N) is 4. The van der Waals surface area contributed by atoms with Gasteiger partial charge in [0.25, 0.3) is 0 Å². The molecule has 1 unspecified atom stereocenters. The lowest BCUT2D eigenvalue weighted by Crippen LogP contribution is -2.44. The molecule has 1 aromatic heterocycles. The van der Waals surface area contributed by atoms with E-state index in [4.69, 9.17) is 4.74 Å². The number of aromatic nitrogens is 2. The summed E-state index contributed by atoms with van der Waals surface area (Å²) in [6.45, 7) is 9.74. The van der Waals surface area contributed by atoms with E-state index in [2.05, 4.69) is 44.2 Å². The van der Waals surface area contributed by atoms with Gasteiger partial charge in [-0.15, -0.1) is 0 Å². The van der Waals surface area contributed by atoms with E-state index in [1.54, 1.807) is 4.90 Å². The number of likely N-dealkylation sites (tertiary alicyclic amines) is 1. The molecule has 4 heterocycles. The summed E-state index contributed by atoms with van der Waals surface area (Å²) in [6, 6.07) is 6.29. The number of halogens is 1. The molecular weight excluding hydrogens is 447 g/mol. The fourth-order valence-electron chi connectivity index (χ4n) is 5.06. The summed E-state index contributed by atoms with van der Waals surface area (Å²) in [5, 5.41) is 6.40. The Balaban J connectivity index is 1.23. The molecular formula is C26H33FN6O2. The number of amides is 1. The van der Waals surface area contributed by atoms with Crippen molar-refractivity contribution in [2.24, 2.45) is 5.92 Å². The van der Waals surface area contributed by atoms with Gasteiger partial charge in [0.2, 0.25) is 11.9 Å². The average molecular weight is 481 g/mol. The zero-order chi connectivity index (χ0) is 24.2. The molecule has 1 atom stereocenters. The molecule has 0 aliphatic carbocycles. The monoisotopic (exact) mass is 480 g/mol. The minimum Gasteiger partial charge on any atom is -0.381 e. The van der Waals surface area contributed by atoms with Crippen LogP contribution in [-0.4, -0.2) is 77.7 Å². The number of ether oxygens (including phenoxy) is 1. The molecule has 35 heavy (non-hydrogen) atoms. The van der Waals surface area contributed by atoms with Gasteiger partial charge in [0.1, 0.15) is 0 Å². The van der Waals surface area contributed by atoms with Gasteiger partial charge >= 0.3 is 0 Å². The summed E-state index contributed by atoms with van der Waals surface area (Å²) in [5.41, 5.74) is 3.60. The van der Waals surface area contributed by atoms with Crippen LogP contribution in [-0.2, 0) is 22.4 Å². The summed E-state index contributed by atoms with van der Waals surface area (Å²) in [4.78, 5) is 24.8. The van der Waals surface area contributed by atoms with Crippen LogP contribution in [0.25, 0.3) is 0 Å². The van der Waals surface area contributed by atoms with Crippen molar-refractivity contribution in [3.8, 4) is 0 Å². The van der Waals surface area contributed by atoms with Crippen molar-refractivity contribution in [2.75, 3.05) is 56.6 Å². The zero-order valence-electron chi connectivity index (χ0n) is 20.0. The first-order chi connectivity index (χ1) is 17.1. The number of anilines is 3. The van der Waals surface area contributed by atoms with Crippen LogP contribution in [0.15, 0.2) is 37.1 Å². The Morgan fingerprint density at radius 1 is 1.23 bits per heavy atom. The molecule has 1 aromatic carbocycles. The summed E-state index contributed by atoms with van der Waals surface area (Å²) in [6.07, 6.45) is 6.21. The van der Waals surface area contributed by atoms with E-state index < -0.39 is 5.82 Å². The second-order valence-electron chi connectivity index (χ2n) is 9.67. The molecule has 9 heteroatoms. The summed E-state index contributed by atoms with van der Waals surface area (Å²) in [7, 11) is 0. The highest BCUT2D eigenvalue weighted by molar-refractivity contribution is 5.87. The lowest BCUT2D eigenvalue weighted by Gasteiger charge is -2.32. The molecule has 2 aromatic rings. The van der Waals surface area contributed by atoms with Gasteiger partial charge in [0, 0.05) is 50.4 Å². The van der Waals surface area contributed by atoms with Gasteiger partial charge in [-0.25, -0.2) is 9.37 Å². The highest BCUT2D eigenvalue weighted by atomic mass is 19.1. The highest BCUT2D eigenvalue weighted by Crippen LogP contribution is 2.25. The first kappa shape index (κ1) is 23.7. The number of carbonyl (C=O) groups excluding carboxylic acids is 1. The van der Waals surface area contributed by atoms with Crippen LogP contribution in [0.2, 0.25) is 0 Å². The van der Waals surface area contributed by atoms with Crippen LogP contribution in [0, 0.1) is 11.7 Å². The maximum absolute atomic E-state index is 14.5. The number of hydrogen-bond acceptors (Lipinski definition) is 7. The van der Waals surface area contributed by atoms with Crippen molar-refractivity contribution in [1.29, 1.82) is 0 Å². The Morgan fingerprint density at radius 3 is 2.83 bits per heavy atom. The van der Waals surface area contributed by atoms with Gasteiger partial charge in [-0.2, -0.15) is 4.98 Å². The first-order valence-corrected chi connectivity index (χ1v) is 12.5. The number of rotatable bonds is 7. The zero-order valence-corrected chi connectivity index (χ0v) is 20.0. The van der Waals surface area contributed by atoms with Crippen molar-refractivity contribution in [1.82, 2.24) is 19.8 Å². The van der Waals surface area contributed by atoms with Crippen LogP contribution in [0.3, 0.4) is 0 Å². The van der Waals surface area contributed by atoms with Gasteiger partial charge < -0.3 is 25.2 Å². The summed E-state index contributed by atoms with van der Waals surface area (Å²) in [5.74, 6) is 0.535. The molecule has 5 rings (SSSR count). The van der Waals surface area contributed by atoms with Crippen molar-refractivity contribution in [3.05, 3.63) is 54.0 Å². The fraction of sp³-hybridized carbons (Fsp3) is 0.500. The van der Waals surface area contributed by atoms with E-state index in [0.29, 0.717) is 25.0 Å². The van der Waals surface area contributed by atoms with Gasteiger partial charge in [-0.05, 0) is 55.0 Å². The van der Waals surface area contributed by atoms with E-state index in [1.807, 2.05) is 6.07 Å². The summed E-state index contributed by atoms with van der Waals surface area (Å²) < 4.78 is 19.8. The molecule has 0 radical (unpaired) electrons. The maximum Gasteiger partial charge on any atom is 0.246 e. The Kier molecular flexibility index (Phi) is 7.24. The number of hydrogen-bond donors (Lipinski definition) is 2. The molecule has 8 nitrogen and oxygen atoms in total. The Bertz CT molecular complexity index is 1080. The predicted molar refractivity (Wildman–Crippen MR) is 133 cm³/mol. The Morgan fingerprint density at radius 2 is 2.06 bits per heavy atom. The van der Waals surface area contributed by atoms with Gasteiger partial charge in [-0.3, -0.25) is 4.79 Å². The average Bonchev–Trinajstić information content (AvgIpc) is 3.05. The lowest BCUT2D eigenvalue weighted by molar-refractivity contribution is -0.127. The molecule has 186 valence electrons. The molecule has 1 amide bonds. The van der Waals surface area contributed by atoms with Crippen LogP contribution in [0.5, 0.6) is 0 Å². The molecule has 0 saturated carbocycles. The third kappa shape index (κ3) is 5.79. The van der Waals surface area contributed by atoms with Crippen molar-refractivity contribution < 1.29 is 13.9 Å². The van der Waals surface area contributed by atoms with E-state index in [0.717, 1.165) is 64.2 Å². The molecule has 3 aliphatic rings. The van der Waals surface area contributed by atoms with Gasteiger partial charge in [-0.1, -0.05) is 12.6 Å². The Labute approximate surface area is 205 Å². The highest BCUT2D eigenvalue weighted by Gasteiger charge is 2.24. The Hall–Kier alpha value is -3.04. The smallest absolute Gasteiger partial charge is 0.246 e. The van der Waals surface area contributed by atoms with E-state index >= 15 is 0 Å². The van der Waals surface area contributed by atoms with E-state index in [1.165, 1.54) is 23.4 Å². The fourth-order valence-corrected chi connectivity index (χ4v) is 5.06. The molecule has 3 aliphatic heterocycles. The topological polar surface area (TPSA) is 82.6 Å². The lowest BCUT2D eigenvalue weighted by atomic mass is 10.0.